The zero-order valence-electron chi connectivity index (χ0n) is 8.74. The van der Waals surface area contributed by atoms with Crippen molar-refractivity contribution in [2.24, 2.45) is 5.92 Å². The summed E-state index contributed by atoms with van der Waals surface area (Å²) in [6.45, 7) is 1.64. The Morgan fingerprint density at radius 2 is 1.93 bits per heavy atom. The molecule has 0 radical (unpaired) electrons. The Balaban J connectivity index is 2.48. The molecule has 14 heavy (non-hydrogen) atoms. The van der Waals surface area contributed by atoms with Gasteiger partial charge in [-0.2, -0.15) is 0 Å². The predicted molar refractivity (Wildman–Crippen MR) is 56.6 cm³/mol. The summed E-state index contributed by atoms with van der Waals surface area (Å²) in [7, 11) is -3.49. The van der Waals surface area contributed by atoms with Crippen molar-refractivity contribution in [2.45, 2.75) is 45.4 Å². The maximum absolute atomic E-state index is 11.6. The van der Waals surface area contributed by atoms with Gasteiger partial charge in [0.2, 0.25) is 5.52 Å². The minimum absolute atomic E-state index is 0.181. The second kappa shape index (κ2) is 5.09. The van der Waals surface area contributed by atoms with Crippen LogP contribution in [0, 0.1) is 5.92 Å². The zero-order chi connectivity index (χ0) is 10.6. The van der Waals surface area contributed by atoms with E-state index < -0.39 is 12.9 Å². The Hall–Kier alpha value is -0.140. The highest BCUT2D eigenvalue weighted by Gasteiger charge is 2.31. The lowest BCUT2D eigenvalue weighted by molar-refractivity contribution is -0.112. The van der Waals surface area contributed by atoms with Crippen molar-refractivity contribution >= 4 is 12.9 Å². The first kappa shape index (κ1) is 11.9. The number of carbonyl (C=O) groups is 1. The van der Waals surface area contributed by atoms with Crippen LogP contribution in [0.5, 0.6) is 0 Å². The Bertz CT molecular complexity index is 244. The summed E-state index contributed by atoms with van der Waals surface area (Å²) in [6, 6.07) is 0. The molecule has 1 rings (SSSR count). The highest BCUT2D eigenvalue weighted by molar-refractivity contribution is 7.75. The quantitative estimate of drug-likeness (QED) is 0.738. The largest absolute Gasteiger partial charge is 0.339 e. The fourth-order valence-corrected chi connectivity index (χ4v) is 3.83. The molecule has 0 aromatic rings. The van der Waals surface area contributed by atoms with Gasteiger partial charge >= 0.3 is 0 Å². The number of hydrogen-bond acceptors (Lipinski definition) is 2. The molecule has 4 heteroatoms. The molecule has 0 aromatic carbocycles. The first-order chi connectivity index (χ1) is 6.56. The van der Waals surface area contributed by atoms with Gasteiger partial charge in [-0.05, 0) is 18.8 Å². The molecule has 82 valence electrons. The zero-order valence-corrected chi connectivity index (χ0v) is 9.63. The van der Waals surface area contributed by atoms with Gasteiger partial charge in [-0.15, -0.1) is 0 Å². The monoisotopic (exact) mass is 218 g/mol. The summed E-state index contributed by atoms with van der Waals surface area (Å²) in [4.78, 5) is 20.7. The average Bonchev–Trinajstić information content (AvgIpc) is 2.17. The Labute approximate surface area is 85.3 Å². The summed E-state index contributed by atoms with van der Waals surface area (Å²) in [5.74, 6) is 0.301. The average molecular weight is 218 g/mol. The first-order valence-electron chi connectivity index (χ1n) is 5.41. The second-order valence-electron chi connectivity index (χ2n) is 4.14. The lowest BCUT2D eigenvalue weighted by Gasteiger charge is -2.23. The van der Waals surface area contributed by atoms with Crippen LogP contribution in [0.4, 0.5) is 0 Å². The normalized spacial score (nSPS) is 23.0. The van der Waals surface area contributed by atoms with Crippen molar-refractivity contribution in [3.8, 4) is 0 Å². The van der Waals surface area contributed by atoms with E-state index >= 15 is 0 Å². The van der Waals surface area contributed by atoms with E-state index in [1.807, 2.05) is 0 Å². The van der Waals surface area contributed by atoms with E-state index in [0.29, 0.717) is 5.92 Å². The molecule has 0 saturated heterocycles. The maximum Gasteiger partial charge on any atom is 0.264 e. The van der Waals surface area contributed by atoms with Gasteiger partial charge in [0, 0.05) is 12.6 Å². The van der Waals surface area contributed by atoms with Gasteiger partial charge in [-0.1, -0.05) is 26.2 Å². The van der Waals surface area contributed by atoms with Crippen LogP contribution in [0.1, 0.15) is 45.4 Å². The van der Waals surface area contributed by atoms with Gasteiger partial charge in [0.15, 0.2) is 0 Å². The van der Waals surface area contributed by atoms with Crippen LogP contribution >= 0.6 is 7.37 Å². The Morgan fingerprint density at radius 1 is 1.36 bits per heavy atom. The molecular weight excluding hydrogens is 199 g/mol. The lowest BCUT2D eigenvalue weighted by Crippen LogP contribution is -2.14. The van der Waals surface area contributed by atoms with E-state index in [1.165, 1.54) is 6.42 Å². The van der Waals surface area contributed by atoms with Gasteiger partial charge < -0.3 is 4.89 Å². The minimum atomic E-state index is -3.49. The van der Waals surface area contributed by atoms with Crippen LogP contribution in [-0.2, 0) is 9.36 Å². The molecule has 3 nitrogen and oxygen atoms in total. The Kier molecular flexibility index (Phi) is 4.33. The van der Waals surface area contributed by atoms with Crippen molar-refractivity contribution in [3.63, 3.8) is 0 Å². The van der Waals surface area contributed by atoms with Crippen LogP contribution in [0.3, 0.4) is 0 Å². The number of carbonyl (C=O) groups excluding carboxylic acids is 1. The molecule has 1 aliphatic carbocycles. The predicted octanol–water partition coefficient (Wildman–Crippen LogP) is 2.77. The minimum Gasteiger partial charge on any atom is -0.339 e. The molecule has 1 N–H and O–H groups in total. The van der Waals surface area contributed by atoms with Gasteiger partial charge in [0.1, 0.15) is 0 Å². The van der Waals surface area contributed by atoms with Crippen molar-refractivity contribution in [1.29, 1.82) is 0 Å². The molecular formula is C10H19O3P. The van der Waals surface area contributed by atoms with Gasteiger partial charge in [-0.25, -0.2) is 0 Å². The summed E-state index contributed by atoms with van der Waals surface area (Å²) >= 11 is 0. The van der Waals surface area contributed by atoms with Gasteiger partial charge in [0.25, 0.3) is 7.37 Å². The molecule has 0 bridgehead atoms. The van der Waals surface area contributed by atoms with E-state index in [0.717, 1.165) is 25.7 Å². The van der Waals surface area contributed by atoms with Crippen LogP contribution < -0.4 is 0 Å². The van der Waals surface area contributed by atoms with Gasteiger partial charge in [0.05, 0.1) is 0 Å². The third-order valence-electron chi connectivity index (χ3n) is 2.92. The molecule has 0 aliphatic heterocycles. The lowest BCUT2D eigenvalue weighted by atomic mass is 9.91. The first-order valence-corrected chi connectivity index (χ1v) is 7.26. The van der Waals surface area contributed by atoms with Crippen molar-refractivity contribution in [3.05, 3.63) is 0 Å². The third kappa shape index (κ3) is 3.21. The highest BCUT2D eigenvalue weighted by atomic mass is 31.2. The summed E-state index contributed by atoms with van der Waals surface area (Å²) in [5, 5.41) is 0. The summed E-state index contributed by atoms with van der Waals surface area (Å²) in [6.07, 6.45) is 5.95. The SMILES string of the molecule is CCC(=O)P(=O)(O)CC1CCCCC1. The molecule has 0 spiro atoms. The smallest absolute Gasteiger partial charge is 0.264 e. The van der Waals surface area contributed by atoms with Crippen LogP contribution in [0.25, 0.3) is 0 Å². The molecule has 1 unspecified atom stereocenters. The van der Waals surface area contributed by atoms with E-state index in [2.05, 4.69) is 0 Å². The standard InChI is InChI=1S/C10H19O3P/c1-2-10(11)14(12,13)8-9-6-4-3-5-7-9/h9H,2-8H2,1H3,(H,12,13). The number of hydrogen-bond donors (Lipinski definition) is 1. The van der Waals surface area contributed by atoms with Crippen LogP contribution in [0.15, 0.2) is 0 Å². The van der Waals surface area contributed by atoms with Crippen molar-refractivity contribution in [1.82, 2.24) is 0 Å². The molecule has 1 aliphatic rings. The van der Waals surface area contributed by atoms with E-state index in [1.54, 1.807) is 6.92 Å². The molecule has 0 heterocycles. The summed E-state index contributed by atoms with van der Waals surface area (Å²) < 4.78 is 11.6. The Morgan fingerprint density at radius 3 is 2.43 bits per heavy atom. The molecule has 1 saturated carbocycles. The van der Waals surface area contributed by atoms with E-state index in [9.17, 15) is 14.3 Å². The van der Waals surface area contributed by atoms with Crippen LogP contribution in [-0.4, -0.2) is 16.6 Å². The second-order valence-corrected chi connectivity index (χ2v) is 6.40. The fourth-order valence-electron chi connectivity index (χ4n) is 2.07. The highest BCUT2D eigenvalue weighted by Crippen LogP contribution is 2.46. The molecule has 1 fully saturated rings. The van der Waals surface area contributed by atoms with E-state index in [4.69, 9.17) is 0 Å². The maximum atomic E-state index is 11.6. The summed E-state index contributed by atoms with van der Waals surface area (Å²) in [5.41, 5.74) is -0.455. The molecule has 0 amide bonds. The van der Waals surface area contributed by atoms with Crippen molar-refractivity contribution < 1.29 is 14.3 Å². The topological polar surface area (TPSA) is 54.4 Å². The fraction of sp³-hybridized carbons (Fsp3) is 0.900. The molecule has 0 aromatic heterocycles. The van der Waals surface area contributed by atoms with E-state index in [-0.39, 0.29) is 12.6 Å². The van der Waals surface area contributed by atoms with Gasteiger partial charge in [-0.3, -0.25) is 9.36 Å². The molecule has 1 atom stereocenters. The third-order valence-corrected chi connectivity index (χ3v) is 5.03. The van der Waals surface area contributed by atoms with Crippen molar-refractivity contribution in [2.75, 3.05) is 6.16 Å². The number of rotatable bonds is 4. The van der Waals surface area contributed by atoms with Crippen LogP contribution in [0.2, 0.25) is 0 Å².